The van der Waals surface area contributed by atoms with Crippen LogP contribution in [0.5, 0.6) is 0 Å². The molecule has 0 atom stereocenters. The average molecular weight is 296 g/mol. The molecular weight excluding hydrogens is 281 g/mol. The molecule has 2 aromatic rings. The van der Waals surface area contributed by atoms with Gasteiger partial charge in [-0.1, -0.05) is 29.3 Å². The quantitative estimate of drug-likeness (QED) is 0.898. The Morgan fingerprint density at radius 1 is 1.26 bits per heavy atom. The summed E-state index contributed by atoms with van der Waals surface area (Å²) in [5.41, 5.74) is 8.60. The van der Waals surface area contributed by atoms with E-state index in [0.29, 0.717) is 10.0 Å². The van der Waals surface area contributed by atoms with Gasteiger partial charge in [0.15, 0.2) is 0 Å². The minimum atomic E-state index is 0.648. The fraction of sp³-hybridized carbons (Fsp3) is 0.214. The third-order valence-electron chi connectivity index (χ3n) is 2.86. The number of benzene rings is 1. The van der Waals surface area contributed by atoms with Crippen LogP contribution in [0.25, 0.3) is 0 Å². The molecule has 3 nitrogen and oxygen atoms in total. The van der Waals surface area contributed by atoms with Gasteiger partial charge in [0.25, 0.3) is 0 Å². The fourth-order valence-electron chi connectivity index (χ4n) is 1.69. The zero-order valence-electron chi connectivity index (χ0n) is 10.6. The summed E-state index contributed by atoms with van der Waals surface area (Å²) < 4.78 is 0. The molecule has 1 heterocycles. The predicted octanol–water partition coefficient (Wildman–Crippen LogP) is 3.93. The summed E-state index contributed by atoms with van der Waals surface area (Å²) in [7, 11) is 0. The summed E-state index contributed by atoms with van der Waals surface area (Å²) in [6.45, 7) is 2.66. The number of nitrogens with zero attached hydrogens (tertiary/aromatic N) is 1. The van der Waals surface area contributed by atoms with Gasteiger partial charge >= 0.3 is 0 Å². The van der Waals surface area contributed by atoms with E-state index in [1.807, 2.05) is 25.1 Å². The van der Waals surface area contributed by atoms with E-state index in [-0.39, 0.29) is 0 Å². The molecule has 0 fully saturated rings. The van der Waals surface area contributed by atoms with Gasteiger partial charge in [-0.05, 0) is 36.6 Å². The van der Waals surface area contributed by atoms with Gasteiger partial charge in [0, 0.05) is 34.5 Å². The number of anilines is 2. The summed E-state index contributed by atoms with van der Waals surface area (Å²) in [5.74, 6) is 0.771. The predicted molar refractivity (Wildman–Crippen MR) is 82.0 cm³/mol. The van der Waals surface area contributed by atoms with Crippen molar-refractivity contribution >= 4 is 34.7 Å². The minimum Gasteiger partial charge on any atom is -0.398 e. The van der Waals surface area contributed by atoms with Crippen molar-refractivity contribution in [2.75, 3.05) is 17.6 Å². The zero-order chi connectivity index (χ0) is 13.8. The van der Waals surface area contributed by atoms with E-state index in [9.17, 15) is 0 Å². The van der Waals surface area contributed by atoms with Gasteiger partial charge in [-0.2, -0.15) is 0 Å². The number of nitrogens with two attached hydrogens (primary N) is 1. The molecule has 19 heavy (non-hydrogen) atoms. The Labute approximate surface area is 122 Å². The average Bonchev–Trinajstić information content (AvgIpc) is 2.36. The molecule has 0 saturated carbocycles. The van der Waals surface area contributed by atoms with Crippen molar-refractivity contribution in [1.29, 1.82) is 0 Å². The normalized spacial score (nSPS) is 10.5. The lowest BCUT2D eigenvalue weighted by Crippen LogP contribution is -2.07. The van der Waals surface area contributed by atoms with Crippen molar-refractivity contribution in [3.05, 3.63) is 51.6 Å². The van der Waals surface area contributed by atoms with E-state index < -0.39 is 0 Å². The number of aryl methyl sites for hydroxylation is 1. The SMILES string of the molecule is Cc1cnc(NCCc2ccc(Cl)cc2Cl)cc1N. The maximum absolute atomic E-state index is 6.11. The lowest BCUT2D eigenvalue weighted by atomic mass is 10.1. The van der Waals surface area contributed by atoms with Gasteiger partial charge in [-0.15, -0.1) is 0 Å². The van der Waals surface area contributed by atoms with Gasteiger partial charge in [-0.25, -0.2) is 4.98 Å². The second-order valence-electron chi connectivity index (χ2n) is 4.34. The number of rotatable bonds is 4. The number of halogens is 2. The van der Waals surface area contributed by atoms with Crippen molar-refractivity contribution in [3.63, 3.8) is 0 Å². The molecule has 0 aliphatic carbocycles. The zero-order valence-corrected chi connectivity index (χ0v) is 12.1. The largest absolute Gasteiger partial charge is 0.398 e. The van der Waals surface area contributed by atoms with Crippen LogP contribution in [0, 0.1) is 6.92 Å². The maximum atomic E-state index is 6.11. The standard InChI is InChI=1S/C14H15Cl2N3/c1-9-8-19-14(7-13(9)17)18-5-4-10-2-3-11(15)6-12(10)16/h2-3,6-8H,4-5H2,1H3,(H3,17,18,19). The number of aromatic nitrogens is 1. The van der Waals surface area contributed by atoms with Gasteiger partial charge in [0.1, 0.15) is 5.82 Å². The number of hydrogen-bond acceptors (Lipinski definition) is 3. The van der Waals surface area contributed by atoms with Crippen molar-refractivity contribution in [3.8, 4) is 0 Å². The molecule has 100 valence electrons. The number of hydrogen-bond donors (Lipinski definition) is 2. The lowest BCUT2D eigenvalue weighted by molar-refractivity contribution is 1.01. The highest BCUT2D eigenvalue weighted by atomic mass is 35.5. The Morgan fingerprint density at radius 3 is 2.74 bits per heavy atom. The molecule has 0 bridgehead atoms. The number of nitrogen functional groups attached to an aromatic ring is 1. The van der Waals surface area contributed by atoms with Crippen LogP contribution >= 0.6 is 23.2 Å². The molecule has 1 aromatic carbocycles. The third kappa shape index (κ3) is 3.75. The smallest absolute Gasteiger partial charge is 0.127 e. The van der Waals surface area contributed by atoms with E-state index in [4.69, 9.17) is 28.9 Å². The van der Waals surface area contributed by atoms with Crippen LogP contribution in [0.2, 0.25) is 10.0 Å². The monoisotopic (exact) mass is 295 g/mol. The summed E-state index contributed by atoms with van der Waals surface area (Å²) in [6.07, 6.45) is 2.55. The highest BCUT2D eigenvalue weighted by Gasteiger charge is 2.02. The van der Waals surface area contributed by atoms with Crippen LogP contribution in [0.4, 0.5) is 11.5 Å². The molecular formula is C14H15Cl2N3. The van der Waals surface area contributed by atoms with Crippen LogP contribution in [0.15, 0.2) is 30.5 Å². The van der Waals surface area contributed by atoms with Crippen LogP contribution < -0.4 is 11.1 Å². The van der Waals surface area contributed by atoms with E-state index in [0.717, 1.165) is 35.6 Å². The van der Waals surface area contributed by atoms with Crippen LogP contribution in [0.1, 0.15) is 11.1 Å². The van der Waals surface area contributed by atoms with Crippen molar-refractivity contribution in [2.45, 2.75) is 13.3 Å². The summed E-state index contributed by atoms with van der Waals surface area (Å²) in [4.78, 5) is 4.26. The minimum absolute atomic E-state index is 0.648. The second-order valence-corrected chi connectivity index (χ2v) is 5.18. The molecule has 3 N–H and O–H groups in total. The van der Waals surface area contributed by atoms with Crippen molar-refractivity contribution in [1.82, 2.24) is 4.98 Å². The molecule has 1 aromatic heterocycles. The summed E-state index contributed by atoms with van der Waals surface area (Å²) >= 11 is 12.0. The van der Waals surface area contributed by atoms with Gasteiger partial charge < -0.3 is 11.1 Å². The Hall–Kier alpha value is -1.45. The highest BCUT2D eigenvalue weighted by Crippen LogP contribution is 2.21. The first-order chi connectivity index (χ1) is 9.06. The fourth-order valence-corrected chi connectivity index (χ4v) is 2.19. The maximum Gasteiger partial charge on any atom is 0.127 e. The summed E-state index contributed by atoms with van der Waals surface area (Å²) in [6, 6.07) is 7.35. The van der Waals surface area contributed by atoms with Gasteiger partial charge in [0.05, 0.1) is 0 Å². The Balaban J connectivity index is 1.94. The van der Waals surface area contributed by atoms with Crippen LogP contribution in [-0.4, -0.2) is 11.5 Å². The Morgan fingerprint density at radius 2 is 2.05 bits per heavy atom. The molecule has 0 spiro atoms. The first-order valence-corrected chi connectivity index (χ1v) is 6.72. The molecule has 5 heteroatoms. The van der Waals surface area contributed by atoms with Gasteiger partial charge in [-0.3, -0.25) is 0 Å². The van der Waals surface area contributed by atoms with E-state index in [2.05, 4.69) is 10.3 Å². The van der Waals surface area contributed by atoms with Crippen molar-refractivity contribution < 1.29 is 0 Å². The second kappa shape index (κ2) is 6.13. The van der Waals surface area contributed by atoms with Gasteiger partial charge in [0.2, 0.25) is 0 Å². The highest BCUT2D eigenvalue weighted by molar-refractivity contribution is 6.35. The molecule has 0 saturated heterocycles. The Bertz CT molecular complexity index is 585. The lowest BCUT2D eigenvalue weighted by Gasteiger charge is -2.08. The first kappa shape index (κ1) is 14.0. The third-order valence-corrected chi connectivity index (χ3v) is 3.45. The van der Waals surface area contributed by atoms with Crippen molar-refractivity contribution in [2.24, 2.45) is 0 Å². The van der Waals surface area contributed by atoms with E-state index >= 15 is 0 Å². The molecule has 0 unspecified atom stereocenters. The summed E-state index contributed by atoms with van der Waals surface area (Å²) in [5, 5.41) is 4.55. The Kier molecular flexibility index (Phi) is 4.51. The van der Waals surface area contributed by atoms with Crippen LogP contribution in [-0.2, 0) is 6.42 Å². The molecule has 0 aliphatic rings. The van der Waals surface area contributed by atoms with E-state index in [1.165, 1.54) is 0 Å². The number of nitrogens with one attached hydrogen (secondary N) is 1. The topological polar surface area (TPSA) is 50.9 Å². The van der Waals surface area contributed by atoms with E-state index in [1.54, 1.807) is 12.3 Å². The molecule has 0 radical (unpaired) electrons. The van der Waals surface area contributed by atoms with Crippen LogP contribution in [0.3, 0.4) is 0 Å². The first-order valence-electron chi connectivity index (χ1n) is 5.96. The molecule has 2 rings (SSSR count). The molecule has 0 amide bonds. The molecule has 0 aliphatic heterocycles. The number of pyridine rings is 1.